The van der Waals surface area contributed by atoms with Crippen molar-refractivity contribution in [1.29, 1.82) is 0 Å². The Morgan fingerprint density at radius 2 is 1.89 bits per heavy atom. The Morgan fingerprint density at radius 3 is 2.58 bits per heavy atom. The Kier molecular flexibility index (Phi) is 4.37. The summed E-state index contributed by atoms with van der Waals surface area (Å²) in [5.41, 5.74) is 1.49. The van der Waals surface area contributed by atoms with E-state index in [1.54, 1.807) is 13.2 Å². The first-order chi connectivity index (χ1) is 9.08. The van der Waals surface area contributed by atoms with Gasteiger partial charge in [-0.25, -0.2) is 8.78 Å². The second kappa shape index (κ2) is 6.02. The molecule has 2 rings (SSSR count). The molecule has 2 aromatic rings. The van der Waals surface area contributed by atoms with Gasteiger partial charge in [0, 0.05) is 22.8 Å². The van der Waals surface area contributed by atoms with Crippen LogP contribution in [0.15, 0.2) is 40.9 Å². The molecule has 0 saturated heterocycles. The monoisotopic (exact) mass is 327 g/mol. The van der Waals surface area contributed by atoms with Gasteiger partial charge in [-0.1, -0.05) is 22.0 Å². The van der Waals surface area contributed by atoms with E-state index in [-0.39, 0.29) is 0 Å². The predicted octanol–water partition coefficient (Wildman–Crippen LogP) is 4.35. The highest BCUT2D eigenvalue weighted by atomic mass is 79.9. The maximum Gasteiger partial charge on any atom is 0.159 e. The summed E-state index contributed by atoms with van der Waals surface area (Å²) in [6.45, 7) is 0.400. The molecule has 0 aliphatic heterocycles. The summed E-state index contributed by atoms with van der Waals surface area (Å²) in [5, 5.41) is 3.12. The van der Waals surface area contributed by atoms with Crippen LogP contribution in [0, 0.1) is 11.6 Å². The van der Waals surface area contributed by atoms with E-state index < -0.39 is 11.6 Å². The standard InChI is InChI=1S/C14H12BrF2NO/c1-19-12-6-10(15)5-11(7-12)18-8-9-2-3-13(16)14(17)4-9/h2-7,18H,8H2,1H3. The van der Waals surface area contributed by atoms with Crippen LogP contribution in [0.25, 0.3) is 0 Å². The highest BCUT2D eigenvalue weighted by molar-refractivity contribution is 9.10. The summed E-state index contributed by atoms with van der Waals surface area (Å²) in [5.74, 6) is -0.971. The fourth-order valence-corrected chi connectivity index (χ4v) is 2.11. The molecule has 2 nitrogen and oxygen atoms in total. The average Bonchev–Trinajstić information content (AvgIpc) is 2.39. The Hall–Kier alpha value is -1.62. The lowest BCUT2D eigenvalue weighted by Gasteiger charge is -2.09. The number of hydrogen-bond donors (Lipinski definition) is 1. The first-order valence-electron chi connectivity index (χ1n) is 5.61. The molecular weight excluding hydrogens is 316 g/mol. The fraction of sp³-hybridized carbons (Fsp3) is 0.143. The molecule has 0 bridgehead atoms. The number of anilines is 1. The molecule has 0 fully saturated rings. The van der Waals surface area contributed by atoms with Gasteiger partial charge < -0.3 is 10.1 Å². The lowest BCUT2D eigenvalue weighted by atomic mass is 10.2. The van der Waals surface area contributed by atoms with Gasteiger partial charge in [0.1, 0.15) is 5.75 Å². The van der Waals surface area contributed by atoms with Crippen molar-refractivity contribution < 1.29 is 13.5 Å². The van der Waals surface area contributed by atoms with Crippen LogP contribution in [0.2, 0.25) is 0 Å². The van der Waals surface area contributed by atoms with Gasteiger partial charge in [-0.2, -0.15) is 0 Å². The van der Waals surface area contributed by atoms with Gasteiger partial charge in [0.2, 0.25) is 0 Å². The molecule has 19 heavy (non-hydrogen) atoms. The van der Waals surface area contributed by atoms with E-state index in [9.17, 15) is 8.78 Å². The molecule has 1 N–H and O–H groups in total. The molecule has 0 saturated carbocycles. The highest BCUT2D eigenvalue weighted by Crippen LogP contribution is 2.24. The van der Waals surface area contributed by atoms with Crippen molar-refractivity contribution in [2.45, 2.75) is 6.54 Å². The van der Waals surface area contributed by atoms with Crippen LogP contribution in [-0.2, 0) is 6.54 Å². The van der Waals surface area contributed by atoms with E-state index in [1.807, 2.05) is 18.2 Å². The summed E-state index contributed by atoms with van der Waals surface area (Å²) in [7, 11) is 1.58. The summed E-state index contributed by atoms with van der Waals surface area (Å²) in [6.07, 6.45) is 0. The second-order valence-electron chi connectivity index (χ2n) is 3.98. The van der Waals surface area contributed by atoms with Crippen molar-refractivity contribution in [3.05, 3.63) is 58.1 Å². The van der Waals surface area contributed by atoms with Crippen LogP contribution in [0.1, 0.15) is 5.56 Å². The van der Waals surface area contributed by atoms with E-state index in [0.29, 0.717) is 17.9 Å². The zero-order valence-corrected chi connectivity index (χ0v) is 11.8. The number of benzene rings is 2. The van der Waals surface area contributed by atoms with Gasteiger partial charge >= 0.3 is 0 Å². The molecule has 0 atom stereocenters. The minimum atomic E-state index is -0.842. The van der Waals surface area contributed by atoms with E-state index in [4.69, 9.17) is 4.74 Å². The van der Waals surface area contributed by atoms with Crippen LogP contribution in [0.5, 0.6) is 5.75 Å². The molecule has 100 valence electrons. The third kappa shape index (κ3) is 3.67. The first-order valence-corrected chi connectivity index (χ1v) is 6.40. The molecule has 2 aromatic carbocycles. The van der Waals surface area contributed by atoms with Crippen LogP contribution in [0.3, 0.4) is 0 Å². The minimum absolute atomic E-state index is 0.400. The molecule has 0 radical (unpaired) electrons. The maximum absolute atomic E-state index is 13.1. The summed E-state index contributed by atoms with van der Waals surface area (Å²) >= 11 is 3.37. The van der Waals surface area contributed by atoms with Crippen molar-refractivity contribution in [2.75, 3.05) is 12.4 Å². The smallest absolute Gasteiger partial charge is 0.159 e. The van der Waals surface area contributed by atoms with Crippen LogP contribution >= 0.6 is 15.9 Å². The summed E-state index contributed by atoms with van der Waals surface area (Å²) in [6, 6.07) is 9.38. The van der Waals surface area contributed by atoms with Crippen LogP contribution in [-0.4, -0.2) is 7.11 Å². The number of hydrogen-bond acceptors (Lipinski definition) is 2. The van der Waals surface area contributed by atoms with Gasteiger partial charge in [-0.05, 0) is 29.8 Å². The van der Waals surface area contributed by atoms with E-state index in [0.717, 1.165) is 16.2 Å². The molecule has 0 unspecified atom stereocenters. The number of halogens is 3. The number of rotatable bonds is 4. The predicted molar refractivity (Wildman–Crippen MR) is 74.4 cm³/mol. The van der Waals surface area contributed by atoms with Crippen LogP contribution in [0.4, 0.5) is 14.5 Å². The topological polar surface area (TPSA) is 21.3 Å². The van der Waals surface area contributed by atoms with Gasteiger partial charge in [0.25, 0.3) is 0 Å². The van der Waals surface area contributed by atoms with Gasteiger partial charge in [0.05, 0.1) is 7.11 Å². The first kappa shape index (κ1) is 13.8. The zero-order valence-electron chi connectivity index (χ0n) is 10.2. The van der Waals surface area contributed by atoms with Gasteiger partial charge in [0.15, 0.2) is 11.6 Å². The minimum Gasteiger partial charge on any atom is -0.497 e. The van der Waals surface area contributed by atoms with Crippen LogP contribution < -0.4 is 10.1 Å². The van der Waals surface area contributed by atoms with Crippen molar-refractivity contribution in [2.24, 2.45) is 0 Å². The van der Waals surface area contributed by atoms with Gasteiger partial charge in [-0.3, -0.25) is 0 Å². The number of methoxy groups -OCH3 is 1. The van der Waals surface area contributed by atoms with Crippen molar-refractivity contribution >= 4 is 21.6 Å². The molecule has 0 heterocycles. The third-order valence-electron chi connectivity index (χ3n) is 2.59. The Balaban J connectivity index is 2.09. The Bertz CT molecular complexity index is 590. The Morgan fingerprint density at radius 1 is 1.11 bits per heavy atom. The highest BCUT2D eigenvalue weighted by Gasteiger charge is 2.03. The van der Waals surface area contributed by atoms with Crippen molar-refractivity contribution in [1.82, 2.24) is 0 Å². The third-order valence-corrected chi connectivity index (χ3v) is 3.05. The Labute approximate surface area is 118 Å². The fourth-order valence-electron chi connectivity index (χ4n) is 1.64. The number of ether oxygens (including phenoxy) is 1. The number of nitrogens with one attached hydrogen (secondary N) is 1. The van der Waals surface area contributed by atoms with Crippen molar-refractivity contribution in [3.8, 4) is 5.75 Å². The summed E-state index contributed by atoms with van der Waals surface area (Å²) in [4.78, 5) is 0. The quantitative estimate of drug-likeness (QED) is 0.901. The second-order valence-corrected chi connectivity index (χ2v) is 4.90. The molecule has 0 amide bonds. The van der Waals surface area contributed by atoms with E-state index in [2.05, 4.69) is 21.2 Å². The zero-order chi connectivity index (χ0) is 13.8. The van der Waals surface area contributed by atoms with E-state index >= 15 is 0 Å². The largest absolute Gasteiger partial charge is 0.497 e. The summed E-state index contributed by atoms with van der Waals surface area (Å²) < 4.78 is 31.9. The normalized spacial score (nSPS) is 10.3. The molecule has 0 aliphatic rings. The van der Waals surface area contributed by atoms with E-state index in [1.165, 1.54) is 6.07 Å². The molecule has 0 aromatic heterocycles. The lowest BCUT2D eigenvalue weighted by Crippen LogP contribution is -2.01. The molecular formula is C14H12BrF2NO. The molecule has 0 spiro atoms. The molecule has 0 aliphatic carbocycles. The van der Waals surface area contributed by atoms with Crippen molar-refractivity contribution in [3.63, 3.8) is 0 Å². The lowest BCUT2D eigenvalue weighted by molar-refractivity contribution is 0.414. The maximum atomic E-state index is 13.1. The molecule has 5 heteroatoms. The SMILES string of the molecule is COc1cc(Br)cc(NCc2ccc(F)c(F)c2)c1. The average molecular weight is 328 g/mol. The van der Waals surface area contributed by atoms with Gasteiger partial charge in [-0.15, -0.1) is 0 Å².